The first-order valence-electron chi connectivity index (χ1n) is 9.55. The zero-order chi connectivity index (χ0) is 18.1. The number of aryl methyl sites for hydroxylation is 1. The Kier molecular flexibility index (Phi) is 7.72. The standard InChI is InChI=1S/C23H30O2/c1-3-4-5-6-7-8-9-10-19-11-16-22(23(17-19)18(2)24)20-12-14-21(25)15-13-20/h11-17,25H,3-10H2,1-2H3. The summed E-state index contributed by atoms with van der Waals surface area (Å²) in [6.45, 7) is 3.87. The van der Waals surface area contributed by atoms with E-state index in [0.29, 0.717) is 0 Å². The Labute approximate surface area is 151 Å². The molecule has 0 fully saturated rings. The number of phenolic OH excluding ortho intramolecular Hbond substituents is 1. The van der Waals surface area contributed by atoms with Crippen LogP contribution in [0.4, 0.5) is 0 Å². The lowest BCUT2D eigenvalue weighted by Gasteiger charge is -2.10. The van der Waals surface area contributed by atoms with Gasteiger partial charge in [-0.1, -0.05) is 69.7 Å². The molecule has 2 aromatic rings. The number of hydrogen-bond donors (Lipinski definition) is 1. The van der Waals surface area contributed by atoms with Crippen molar-refractivity contribution >= 4 is 5.78 Å². The highest BCUT2D eigenvalue weighted by molar-refractivity contribution is 6.01. The molecule has 0 heterocycles. The number of benzene rings is 2. The van der Waals surface area contributed by atoms with Crippen molar-refractivity contribution in [1.82, 2.24) is 0 Å². The van der Waals surface area contributed by atoms with Crippen LogP contribution < -0.4 is 0 Å². The van der Waals surface area contributed by atoms with E-state index < -0.39 is 0 Å². The topological polar surface area (TPSA) is 37.3 Å². The Morgan fingerprint density at radius 1 is 0.880 bits per heavy atom. The number of phenols is 1. The van der Waals surface area contributed by atoms with Gasteiger partial charge < -0.3 is 5.11 Å². The van der Waals surface area contributed by atoms with Crippen molar-refractivity contribution in [2.45, 2.75) is 65.2 Å². The Hall–Kier alpha value is -2.09. The van der Waals surface area contributed by atoms with E-state index in [1.165, 1.54) is 50.5 Å². The number of carbonyl (C=O) groups excluding carboxylic acids is 1. The van der Waals surface area contributed by atoms with Crippen LogP contribution >= 0.6 is 0 Å². The monoisotopic (exact) mass is 338 g/mol. The molecule has 0 aliphatic heterocycles. The quantitative estimate of drug-likeness (QED) is 0.394. The number of ketones is 1. The molecule has 0 amide bonds. The predicted molar refractivity (Wildman–Crippen MR) is 105 cm³/mol. The Morgan fingerprint density at radius 3 is 2.16 bits per heavy atom. The normalized spacial score (nSPS) is 10.8. The highest BCUT2D eigenvalue weighted by atomic mass is 16.3. The Morgan fingerprint density at radius 2 is 1.52 bits per heavy atom. The van der Waals surface area contributed by atoms with Gasteiger partial charge in [0.2, 0.25) is 0 Å². The van der Waals surface area contributed by atoms with Crippen molar-refractivity contribution in [2.24, 2.45) is 0 Å². The molecule has 0 unspecified atom stereocenters. The molecule has 0 atom stereocenters. The van der Waals surface area contributed by atoms with Crippen molar-refractivity contribution in [3.05, 3.63) is 53.6 Å². The highest BCUT2D eigenvalue weighted by Crippen LogP contribution is 2.27. The largest absolute Gasteiger partial charge is 0.508 e. The fraction of sp³-hybridized carbons (Fsp3) is 0.435. The van der Waals surface area contributed by atoms with Gasteiger partial charge >= 0.3 is 0 Å². The molecular formula is C23H30O2. The summed E-state index contributed by atoms with van der Waals surface area (Å²) in [5, 5.41) is 9.45. The molecule has 0 saturated carbocycles. The molecule has 0 spiro atoms. The molecule has 2 nitrogen and oxygen atoms in total. The molecule has 0 aliphatic carbocycles. The highest BCUT2D eigenvalue weighted by Gasteiger charge is 2.10. The van der Waals surface area contributed by atoms with E-state index in [1.807, 2.05) is 24.3 Å². The number of carbonyl (C=O) groups is 1. The number of aromatic hydroxyl groups is 1. The lowest BCUT2D eigenvalue weighted by atomic mass is 9.93. The van der Waals surface area contributed by atoms with Gasteiger partial charge in [0.1, 0.15) is 5.75 Å². The summed E-state index contributed by atoms with van der Waals surface area (Å²) in [5.41, 5.74) is 3.91. The summed E-state index contributed by atoms with van der Waals surface area (Å²) in [7, 11) is 0. The molecule has 0 saturated heterocycles. The van der Waals surface area contributed by atoms with Gasteiger partial charge in [-0.25, -0.2) is 0 Å². The molecule has 2 aromatic carbocycles. The first-order valence-corrected chi connectivity index (χ1v) is 9.55. The van der Waals surface area contributed by atoms with Gasteiger partial charge in [-0.2, -0.15) is 0 Å². The van der Waals surface area contributed by atoms with Gasteiger partial charge in [-0.05, 0) is 54.7 Å². The molecule has 0 radical (unpaired) electrons. The van der Waals surface area contributed by atoms with E-state index in [0.717, 1.165) is 23.1 Å². The van der Waals surface area contributed by atoms with E-state index in [4.69, 9.17) is 0 Å². The molecule has 0 aliphatic rings. The van der Waals surface area contributed by atoms with Crippen LogP contribution in [-0.2, 0) is 6.42 Å². The zero-order valence-corrected chi connectivity index (χ0v) is 15.6. The molecular weight excluding hydrogens is 308 g/mol. The average Bonchev–Trinajstić information content (AvgIpc) is 2.61. The average molecular weight is 338 g/mol. The maximum atomic E-state index is 12.1. The van der Waals surface area contributed by atoms with Crippen molar-refractivity contribution in [1.29, 1.82) is 0 Å². The van der Waals surface area contributed by atoms with Crippen LogP contribution in [0.15, 0.2) is 42.5 Å². The fourth-order valence-electron chi connectivity index (χ4n) is 3.22. The van der Waals surface area contributed by atoms with Crippen LogP contribution in [0.5, 0.6) is 5.75 Å². The minimum absolute atomic E-state index is 0.0875. The van der Waals surface area contributed by atoms with Crippen LogP contribution in [-0.4, -0.2) is 10.9 Å². The first kappa shape index (κ1) is 19.2. The van der Waals surface area contributed by atoms with E-state index in [9.17, 15) is 9.90 Å². The molecule has 25 heavy (non-hydrogen) atoms. The third-order valence-corrected chi connectivity index (χ3v) is 4.71. The second-order valence-electron chi connectivity index (χ2n) is 6.85. The first-order chi connectivity index (χ1) is 12.1. The third kappa shape index (κ3) is 6.04. The summed E-state index contributed by atoms with van der Waals surface area (Å²) in [5.74, 6) is 0.327. The second kappa shape index (κ2) is 10.0. The van der Waals surface area contributed by atoms with Crippen LogP contribution in [0, 0.1) is 0 Å². The van der Waals surface area contributed by atoms with E-state index in [2.05, 4.69) is 13.0 Å². The summed E-state index contributed by atoms with van der Waals surface area (Å²) < 4.78 is 0. The van der Waals surface area contributed by atoms with Gasteiger partial charge in [0, 0.05) is 5.56 Å². The minimum atomic E-state index is 0.0875. The van der Waals surface area contributed by atoms with Gasteiger partial charge in [0.25, 0.3) is 0 Å². The number of unbranched alkanes of at least 4 members (excludes halogenated alkanes) is 6. The van der Waals surface area contributed by atoms with Crippen LogP contribution in [0.25, 0.3) is 11.1 Å². The number of Topliss-reactive ketones (excluding diaryl/α,β-unsaturated/α-hetero) is 1. The van der Waals surface area contributed by atoms with Crippen molar-refractivity contribution in [2.75, 3.05) is 0 Å². The lowest BCUT2D eigenvalue weighted by molar-refractivity contribution is 0.101. The van der Waals surface area contributed by atoms with Gasteiger partial charge in [-0.15, -0.1) is 0 Å². The van der Waals surface area contributed by atoms with E-state index >= 15 is 0 Å². The molecule has 0 bridgehead atoms. The summed E-state index contributed by atoms with van der Waals surface area (Å²) in [4.78, 5) is 12.1. The smallest absolute Gasteiger partial charge is 0.160 e. The zero-order valence-electron chi connectivity index (χ0n) is 15.6. The number of rotatable bonds is 10. The van der Waals surface area contributed by atoms with Crippen LogP contribution in [0.3, 0.4) is 0 Å². The summed E-state index contributed by atoms with van der Waals surface area (Å²) >= 11 is 0. The Balaban J connectivity index is 1.99. The summed E-state index contributed by atoms with van der Waals surface area (Å²) in [6, 6.07) is 13.2. The maximum absolute atomic E-state index is 12.1. The number of hydrogen-bond acceptors (Lipinski definition) is 2. The van der Waals surface area contributed by atoms with Gasteiger partial charge in [0.15, 0.2) is 5.78 Å². The van der Waals surface area contributed by atoms with Crippen molar-refractivity contribution in [3.63, 3.8) is 0 Å². The second-order valence-corrected chi connectivity index (χ2v) is 6.85. The van der Waals surface area contributed by atoms with Crippen molar-refractivity contribution < 1.29 is 9.90 Å². The predicted octanol–water partition coefficient (Wildman–Crippen LogP) is 6.55. The Bertz CT molecular complexity index is 671. The molecule has 0 aromatic heterocycles. The van der Waals surface area contributed by atoms with Gasteiger partial charge in [-0.3, -0.25) is 4.79 Å². The molecule has 1 N–H and O–H groups in total. The maximum Gasteiger partial charge on any atom is 0.160 e. The van der Waals surface area contributed by atoms with E-state index in [1.54, 1.807) is 19.1 Å². The fourth-order valence-corrected chi connectivity index (χ4v) is 3.22. The minimum Gasteiger partial charge on any atom is -0.508 e. The van der Waals surface area contributed by atoms with Gasteiger partial charge in [0.05, 0.1) is 0 Å². The van der Waals surface area contributed by atoms with Crippen LogP contribution in [0.1, 0.15) is 74.7 Å². The SMILES string of the molecule is CCCCCCCCCc1ccc(-c2ccc(O)cc2)c(C(C)=O)c1. The molecule has 2 rings (SSSR count). The van der Waals surface area contributed by atoms with Crippen molar-refractivity contribution in [3.8, 4) is 16.9 Å². The third-order valence-electron chi connectivity index (χ3n) is 4.71. The van der Waals surface area contributed by atoms with Crippen LogP contribution in [0.2, 0.25) is 0 Å². The summed E-state index contributed by atoms with van der Waals surface area (Å²) in [6.07, 6.45) is 10.1. The lowest BCUT2D eigenvalue weighted by Crippen LogP contribution is -1.98. The van der Waals surface area contributed by atoms with E-state index in [-0.39, 0.29) is 11.5 Å². The molecule has 2 heteroatoms. The molecule has 134 valence electrons.